The van der Waals surface area contributed by atoms with Crippen molar-refractivity contribution >= 4 is 0 Å². The first kappa shape index (κ1) is 14.7. The normalized spacial score (nSPS) is 22.9. The third-order valence-corrected chi connectivity index (χ3v) is 4.20. The first-order valence-corrected chi connectivity index (χ1v) is 7.20. The summed E-state index contributed by atoms with van der Waals surface area (Å²) < 4.78 is 26.2. The zero-order chi connectivity index (χ0) is 14.4. The first-order chi connectivity index (χ1) is 9.70. The molecule has 0 bridgehead atoms. The van der Waals surface area contributed by atoms with Gasteiger partial charge in [-0.25, -0.2) is 8.78 Å². The van der Waals surface area contributed by atoms with Crippen molar-refractivity contribution in [3.05, 3.63) is 47.5 Å². The molecule has 0 N–H and O–H groups in total. The molecule has 3 heteroatoms. The van der Waals surface area contributed by atoms with Crippen LogP contribution in [0.3, 0.4) is 0 Å². The van der Waals surface area contributed by atoms with Gasteiger partial charge >= 0.3 is 0 Å². The minimum Gasteiger partial charge on any atom is -0.204 e. The van der Waals surface area contributed by atoms with Gasteiger partial charge in [0.15, 0.2) is 11.6 Å². The molecule has 2 rings (SSSR count). The van der Waals surface area contributed by atoms with Crippen LogP contribution in [-0.4, -0.2) is 0 Å². The van der Waals surface area contributed by atoms with E-state index in [2.05, 4.69) is 0 Å². The molecule has 1 saturated carbocycles. The predicted octanol–water partition coefficient (Wildman–Crippen LogP) is 5.10. The largest absolute Gasteiger partial charge is 0.204 e. The number of halogens is 2. The zero-order valence-electron chi connectivity index (χ0n) is 11.5. The van der Waals surface area contributed by atoms with Crippen LogP contribution in [0.15, 0.2) is 30.4 Å². The summed E-state index contributed by atoms with van der Waals surface area (Å²) in [6.07, 6.45) is 9.86. The van der Waals surface area contributed by atoms with E-state index >= 15 is 0 Å². The van der Waals surface area contributed by atoms with Gasteiger partial charge in [0.05, 0.1) is 6.07 Å². The van der Waals surface area contributed by atoms with Gasteiger partial charge in [-0.05, 0) is 68.1 Å². The number of allylic oxidation sites excluding steroid dienone is 2. The highest BCUT2D eigenvalue weighted by molar-refractivity contribution is 5.22. The van der Waals surface area contributed by atoms with Crippen LogP contribution in [0.25, 0.3) is 0 Å². The van der Waals surface area contributed by atoms with Gasteiger partial charge in [-0.3, -0.25) is 0 Å². The molecule has 0 aliphatic heterocycles. The Bertz CT molecular complexity index is 508. The smallest absolute Gasteiger partial charge is 0.159 e. The molecule has 1 aliphatic carbocycles. The summed E-state index contributed by atoms with van der Waals surface area (Å²) >= 11 is 0. The summed E-state index contributed by atoms with van der Waals surface area (Å²) in [5.74, 6) is -0.464. The van der Waals surface area contributed by atoms with E-state index in [4.69, 9.17) is 5.26 Å². The lowest BCUT2D eigenvalue weighted by Gasteiger charge is -2.28. The van der Waals surface area contributed by atoms with E-state index in [0.29, 0.717) is 11.8 Å². The third-order valence-electron chi connectivity index (χ3n) is 4.20. The van der Waals surface area contributed by atoms with E-state index in [1.165, 1.54) is 18.2 Å². The number of rotatable bonds is 4. The van der Waals surface area contributed by atoms with E-state index < -0.39 is 11.6 Å². The standard InChI is InChI=1S/C17H19F2N/c18-16-10-9-15(12-17(16)19)14-7-5-13(6-8-14)4-2-1-3-11-20/h1,3,9-10,12-14H,2,4-8H2/b3-1+/t13-,14-. The summed E-state index contributed by atoms with van der Waals surface area (Å²) in [4.78, 5) is 0. The highest BCUT2D eigenvalue weighted by Crippen LogP contribution is 2.37. The fourth-order valence-corrected chi connectivity index (χ4v) is 3.02. The fraction of sp³-hybridized carbons (Fsp3) is 0.471. The van der Waals surface area contributed by atoms with E-state index in [-0.39, 0.29) is 0 Å². The summed E-state index contributed by atoms with van der Waals surface area (Å²) in [5.41, 5.74) is 0.923. The molecule has 0 amide bonds. The summed E-state index contributed by atoms with van der Waals surface area (Å²) in [6.45, 7) is 0. The van der Waals surface area contributed by atoms with Crippen molar-refractivity contribution in [3.8, 4) is 6.07 Å². The van der Waals surface area contributed by atoms with E-state index in [1.807, 2.05) is 12.1 Å². The second-order valence-corrected chi connectivity index (χ2v) is 5.50. The topological polar surface area (TPSA) is 23.8 Å². The second kappa shape index (κ2) is 7.19. The molecule has 1 aliphatic rings. The van der Waals surface area contributed by atoms with Crippen molar-refractivity contribution in [1.29, 1.82) is 5.26 Å². The maximum Gasteiger partial charge on any atom is 0.159 e. The maximum atomic E-state index is 13.2. The number of hydrogen-bond acceptors (Lipinski definition) is 1. The van der Waals surface area contributed by atoms with Crippen LogP contribution in [0, 0.1) is 28.9 Å². The molecule has 0 saturated heterocycles. The highest BCUT2D eigenvalue weighted by Gasteiger charge is 2.22. The van der Waals surface area contributed by atoms with E-state index in [0.717, 1.165) is 44.1 Å². The van der Waals surface area contributed by atoms with Crippen molar-refractivity contribution in [2.24, 2.45) is 5.92 Å². The molecule has 0 aromatic heterocycles. The van der Waals surface area contributed by atoms with Gasteiger partial charge in [-0.1, -0.05) is 12.1 Å². The Morgan fingerprint density at radius 2 is 1.90 bits per heavy atom. The maximum absolute atomic E-state index is 13.2. The van der Waals surface area contributed by atoms with Crippen molar-refractivity contribution in [2.75, 3.05) is 0 Å². The molecule has 0 spiro atoms. The Labute approximate surface area is 118 Å². The SMILES string of the molecule is N#C/C=C/CC[C@H]1CC[C@H](c2ccc(F)c(F)c2)CC1. The summed E-state index contributed by atoms with van der Waals surface area (Å²) in [6, 6.07) is 6.27. The van der Waals surface area contributed by atoms with Gasteiger partial charge in [0.25, 0.3) is 0 Å². The highest BCUT2D eigenvalue weighted by atomic mass is 19.2. The molecule has 0 heterocycles. The van der Waals surface area contributed by atoms with Crippen molar-refractivity contribution < 1.29 is 8.78 Å². The van der Waals surface area contributed by atoms with Crippen LogP contribution >= 0.6 is 0 Å². The Kier molecular flexibility index (Phi) is 5.29. The lowest BCUT2D eigenvalue weighted by molar-refractivity contribution is 0.311. The Hall–Kier alpha value is -1.69. The Morgan fingerprint density at radius 3 is 2.55 bits per heavy atom. The van der Waals surface area contributed by atoms with Crippen molar-refractivity contribution in [2.45, 2.75) is 44.4 Å². The molecule has 1 aromatic carbocycles. The van der Waals surface area contributed by atoms with Gasteiger partial charge in [-0.15, -0.1) is 0 Å². The van der Waals surface area contributed by atoms with Crippen LogP contribution in [-0.2, 0) is 0 Å². The van der Waals surface area contributed by atoms with Gasteiger partial charge in [0.2, 0.25) is 0 Å². The molecule has 1 fully saturated rings. The van der Waals surface area contributed by atoms with Gasteiger partial charge in [0.1, 0.15) is 0 Å². The minimum absolute atomic E-state index is 0.357. The van der Waals surface area contributed by atoms with Crippen LogP contribution < -0.4 is 0 Å². The van der Waals surface area contributed by atoms with Gasteiger partial charge < -0.3 is 0 Å². The second-order valence-electron chi connectivity index (χ2n) is 5.50. The molecule has 0 radical (unpaired) electrons. The quantitative estimate of drug-likeness (QED) is 0.701. The average Bonchev–Trinajstić information content (AvgIpc) is 2.47. The molecular formula is C17H19F2N. The van der Waals surface area contributed by atoms with E-state index in [1.54, 1.807) is 6.07 Å². The average molecular weight is 275 g/mol. The molecule has 0 unspecified atom stereocenters. The van der Waals surface area contributed by atoms with Crippen LogP contribution in [0.2, 0.25) is 0 Å². The van der Waals surface area contributed by atoms with Gasteiger partial charge in [-0.2, -0.15) is 5.26 Å². The first-order valence-electron chi connectivity index (χ1n) is 7.20. The molecule has 1 nitrogen and oxygen atoms in total. The monoisotopic (exact) mass is 275 g/mol. The number of benzene rings is 1. The zero-order valence-corrected chi connectivity index (χ0v) is 11.5. The predicted molar refractivity (Wildman–Crippen MR) is 75.0 cm³/mol. The molecular weight excluding hydrogens is 256 g/mol. The minimum atomic E-state index is -0.772. The molecule has 106 valence electrons. The lowest BCUT2D eigenvalue weighted by Crippen LogP contribution is -2.13. The number of nitrogens with zero attached hydrogens (tertiary/aromatic N) is 1. The van der Waals surface area contributed by atoms with Crippen LogP contribution in [0.4, 0.5) is 8.78 Å². The van der Waals surface area contributed by atoms with Crippen molar-refractivity contribution in [3.63, 3.8) is 0 Å². The van der Waals surface area contributed by atoms with Crippen molar-refractivity contribution in [1.82, 2.24) is 0 Å². The van der Waals surface area contributed by atoms with Crippen LogP contribution in [0.1, 0.15) is 50.0 Å². The van der Waals surface area contributed by atoms with Gasteiger partial charge in [0, 0.05) is 6.08 Å². The summed E-state index contributed by atoms with van der Waals surface area (Å²) in [5, 5.41) is 8.41. The van der Waals surface area contributed by atoms with Crippen LogP contribution in [0.5, 0.6) is 0 Å². The third kappa shape index (κ3) is 3.90. The molecule has 1 aromatic rings. The number of nitriles is 1. The Morgan fingerprint density at radius 1 is 1.15 bits per heavy atom. The number of hydrogen-bond donors (Lipinski definition) is 0. The van der Waals surface area contributed by atoms with E-state index in [9.17, 15) is 8.78 Å². The fourth-order valence-electron chi connectivity index (χ4n) is 3.02. The molecule has 0 atom stereocenters. The Balaban J connectivity index is 1.83. The molecule has 20 heavy (non-hydrogen) atoms. The summed E-state index contributed by atoms with van der Waals surface area (Å²) in [7, 11) is 0. The lowest BCUT2D eigenvalue weighted by atomic mass is 9.77.